The van der Waals surface area contributed by atoms with E-state index >= 15 is 0 Å². The zero-order chi connectivity index (χ0) is 35.9. The Morgan fingerprint density at radius 3 is 2.45 bits per heavy atom. The van der Waals surface area contributed by atoms with Crippen LogP contribution in [0, 0.1) is 5.92 Å². The average Bonchev–Trinajstić information content (AvgIpc) is 3.16. The summed E-state index contributed by atoms with van der Waals surface area (Å²) in [5.74, 6) is 1.31. The Labute approximate surface area is 299 Å². The molecule has 7 rings (SSSR count). The Kier molecular flexibility index (Phi) is 9.58. The van der Waals surface area contributed by atoms with Gasteiger partial charge in [-0.2, -0.15) is 9.78 Å². The van der Waals surface area contributed by atoms with Gasteiger partial charge in [0.25, 0.3) is 5.56 Å². The van der Waals surface area contributed by atoms with Gasteiger partial charge in [-0.05, 0) is 53.9 Å². The molecule has 0 spiro atoms. The Bertz CT molecular complexity index is 2120. The quantitative estimate of drug-likeness (QED) is 0.194. The molecular weight excluding hydrogens is 659 g/mol. The van der Waals surface area contributed by atoms with Crippen molar-refractivity contribution in [2.45, 2.75) is 63.2 Å². The summed E-state index contributed by atoms with van der Waals surface area (Å²) in [6.07, 6.45) is 1.87. The smallest absolute Gasteiger partial charge is 0.279 e. The monoisotopic (exact) mass is 703 g/mol. The van der Waals surface area contributed by atoms with E-state index in [0.29, 0.717) is 29.8 Å². The van der Waals surface area contributed by atoms with Gasteiger partial charge in [-0.15, -0.1) is 0 Å². The minimum Gasteiger partial charge on any atom is -0.497 e. The van der Waals surface area contributed by atoms with Gasteiger partial charge in [0.2, 0.25) is 5.91 Å². The molecule has 0 fully saturated rings. The van der Waals surface area contributed by atoms with Gasteiger partial charge in [0, 0.05) is 42.5 Å². The number of aliphatic hydroxyl groups is 1. The Hall–Kier alpha value is -4.77. The number of hydrogen-bond acceptors (Lipinski definition) is 7. The molecule has 5 aromatic rings. The second-order valence-corrected chi connectivity index (χ2v) is 19.1. The van der Waals surface area contributed by atoms with Crippen molar-refractivity contribution in [1.82, 2.24) is 14.7 Å². The van der Waals surface area contributed by atoms with Crippen molar-refractivity contribution in [3.8, 4) is 17.2 Å². The summed E-state index contributed by atoms with van der Waals surface area (Å²) in [6, 6.07) is 29.2. The highest BCUT2D eigenvalue weighted by atomic mass is 28.3. The topological polar surface area (TPSA) is 103 Å². The van der Waals surface area contributed by atoms with Crippen molar-refractivity contribution >= 4 is 29.9 Å². The van der Waals surface area contributed by atoms with E-state index in [0.717, 1.165) is 22.3 Å². The van der Waals surface area contributed by atoms with Crippen LogP contribution in [0.15, 0.2) is 102 Å². The number of ether oxygens (including phenoxy) is 3. The predicted octanol–water partition coefficient (Wildman–Crippen LogP) is 5.80. The van der Waals surface area contributed by atoms with E-state index in [4.69, 9.17) is 14.2 Å². The van der Waals surface area contributed by atoms with Crippen LogP contribution in [-0.4, -0.2) is 66.7 Å². The third kappa shape index (κ3) is 6.36. The molecule has 264 valence electrons. The first-order valence-corrected chi connectivity index (χ1v) is 20.6. The number of fused-ring (bicyclic) bond motifs is 3. The molecule has 1 aromatic heterocycles. The van der Waals surface area contributed by atoms with Gasteiger partial charge in [-0.25, -0.2) is 0 Å². The average molecular weight is 704 g/mol. The summed E-state index contributed by atoms with van der Waals surface area (Å²) in [6.45, 7) is 7.09. The second-order valence-electron chi connectivity index (χ2n) is 14.4. The first-order valence-electron chi connectivity index (χ1n) is 17.6. The van der Waals surface area contributed by atoms with E-state index < -0.39 is 8.07 Å². The summed E-state index contributed by atoms with van der Waals surface area (Å²) >= 11 is 0. The molecule has 10 heteroatoms. The highest BCUT2D eigenvalue weighted by molar-refractivity contribution is 6.91. The van der Waals surface area contributed by atoms with Gasteiger partial charge in [-0.1, -0.05) is 79.8 Å². The molecule has 0 saturated heterocycles. The van der Waals surface area contributed by atoms with E-state index in [2.05, 4.69) is 49.4 Å². The SMILES string of the molecule is COc1ccc([Si](C)(C)C(CC(=O)N2Cc3ccccc3C[C@H]2CO)[C@@H]2Oc3ccc(-n4ncc5ccccc5c4=O)cc3[C@H](OC)[C@H]2C)cc1. The van der Waals surface area contributed by atoms with Crippen molar-refractivity contribution in [2.75, 3.05) is 20.8 Å². The molecule has 0 radical (unpaired) electrons. The highest BCUT2D eigenvalue weighted by Gasteiger charge is 2.49. The van der Waals surface area contributed by atoms with Gasteiger partial charge in [0.05, 0.1) is 51.2 Å². The van der Waals surface area contributed by atoms with Gasteiger partial charge in [-0.3, -0.25) is 9.59 Å². The van der Waals surface area contributed by atoms with Gasteiger partial charge in [0.15, 0.2) is 0 Å². The molecule has 1 amide bonds. The molecular formula is C41H45N3O6Si. The normalized spacial score (nSPS) is 20.6. The van der Waals surface area contributed by atoms with Crippen LogP contribution in [0.5, 0.6) is 11.5 Å². The van der Waals surface area contributed by atoms with E-state index in [1.54, 1.807) is 20.4 Å². The Morgan fingerprint density at radius 2 is 1.73 bits per heavy atom. The minimum atomic E-state index is -2.47. The summed E-state index contributed by atoms with van der Waals surface area (Å²) in [5, 5.41) is 17.5. The fraction of sp³-hybridized carbons (Fsp3) is 0.341. The van der Waals surface area contributed by atoms with Gasteiger partial charge in [0.1, 0.15) is 17.6 Å². The maximum absolute atomic E-state index is 14.5. The lowest BCUT2D eigenvalue weighted by Gasteiger charge is -2.46. The van der Waals surface area contributed by atoms with Crippen molar-refractivity contribution < 1.29 is 24.1 Å². The van der Waals surface area contributed by atoms with Crippen LogP contribution in [0.1, 0.15) is 36.1 Å². The van der Waals surface area contributed by atoms with Crippen LogP contribution < -0.4 is 20.2 Å². The third-order valence-corrected chi connectivity index (χ3v) is 15.4. The molecule has 2 aliphatic rings. The maximum atomic E-state index is 14.5. The number of methoxy groups -OCH3 is 2. The fourth-order valence-electron chi connectivity index (χ4n) is 8.14. The van der Waals surface area contributed by atoms with E-state index in [9.17, 15) is 14.7 Å². The number of carbonyl (C=O) groups excluding carboxylic acids is 1. The molecule has 0 bridgehead atoms. The highest BCUT2D eigenvalue weighted by Crippen LogP contribution is 2.48. The number of carbonyl (C=O) groups is 1. The van der Waals surface area contributed by atoms with Crippen molar-refractivity contribution in [3.05, 3.63) is 124 Å². The van der Waals surface area contributed by atoms with Crippen LogP contribution in [0.25, 0.3) is 16.5 Å². The first-order chi connectivity index (χ1) is 24.6. The zero-order valence-electron chi connectivity index (χ0n) is 29.8. The van der Waals surface area contributed by atoms with Crippen LogP contribution in [-0.2, 0) is 22.5 Å². The predicted molar refractivity (Wildman–Crippen MR) is 201 cm³/mol. The molecule has 4 aromatic carbocycles. The lowest BCUT2D eigenvalue weighted by atomic mass is 9.86. The van der Waals surface area contributed by atoms with Crippen LogP contribution in [0.4, 0.5) is 0 Å². The molecule has 1 N–H and O–H groups in total. The number of benzene rings is 4. The second kappa shape index (κ2) is 14.1. The van der Waals surface area contributed by atoms with Crippen molar-refractivity contribution in [1.29, 1.82) is 0 Å². The number of hydrogen-bond donors (Lipinski definition) is 1. The molecule has 9 nitrogen and oxygen atoms in total. The van der Waals surface area contributed by atoms with Gasteiger partial charge < -0.3 is 24.2 Å². The van der Waals surface area contributed by atoms with Crippen LogP contribution in [0.2, 0.25) is 18.6 Å². The number of rotatable bonds is 9. The standard InChI is InChI=1S/C41H45N3O6Si/c1-26-39(49-3)35-21-30(44-41(47)34-13-9-8-11-28(34)23-42-44)14-19-36(35)50-40(26)37(51(4,5)33-17-15-32(48-2)16-18-33)22-38(46)43-24-29-12-7-6-10-27(29)20-31(43)25-45/h6-19,21,23,26,31,37,39-40,45H,20,22,24-25H2,1-5H3/t26-,31+,37?,39-,40-/m1/s1. The van der Waals surface area contributed by atoms with Crippen molar-refractivity contribution in [2.24, 2.45) is 5.92 Å². The lowest BCUT2D eigenvalue weighted by molar-refractivity contribution is -0.136. The Morgan fingerprint density at radius 1 is 1.00 bits per heavy atom. The molecule has 1 unspecified atom stereocenters. The zero-order valence-corrected chi connectivity index (χ0v) is 30.8. The van der Waals surface area contributed by atoms with Crippen molar-refractivity contribution in [3.63, 3.8) is 0 Å². The van der Waals surface area contributed by atoms with E-state index in [-0.39, 0.29) is 54.2 Å². The third-order valence-electron chi connectivity index (χ3n) is 11.2. The van der Waals surface area contributed by atoms with E-state index in [1.165, 1.54) is 15.4 Å². The fourth-order valence-corrected chi connectivity index (χ4v) is 11.5. The van der Waals surface area contributed by atoms with E-state index in [1.807, 2.05) is 71.6 Å². The summed E-state index contributed by atoms with van der Waals surface area (Å²) in [7, 11) is 0.890. The van der Waals surface area contributed by atoms with Crippen LogP contribution >= 0.6 is 0 Å². The summed E-state index contributed by atoms with van der Waals surface area (Å²) < 4.78 is 20.1. The number of aromatic nitrogens is 2. The summed E-state index contributed by atoms with van der Waals surface area (Å²) in [4.78, 5) is 29.9. The molecule has 51 heavy (non-hydrogen) atoms. The summed E-state index contributed by atoms with van der Waals surface area (Å²) in [5.41, 5.74) is 3.40. The lowest BCUT2D eigenvalue weighted by Crippen LogP contribution is -2.56. The molecule has 5 atom stereocenters. The Balaban J connectivity index is 1.26. The first kappa shape index (κ1) is 34.7. The minimum absolute atomic E-state index is 0.00954. The number of nitrogens with zero attached hydrogens (tertiary/aromatic N) is 3. The largest absolute Gasteiger partial charge is 0.497 e. The van der Waals surface area contributed by atoms with Crippen LogP contribution in [0.3, 0.4) is 0 Å². The number of aliphatic hydroxyl groups excluding tert-OH is 1. The maximum Gasteiger partial charge on any atom is 0.279 e. The molecule has 2 aliphatic heterocycles. The molecule has 0 aliphatic carbocycles. The van der Waals surface area contributed by atoms with Gasteiger partial charge >= 0.3 is 0 Å². The number of amides is 1. The molecule has 3 heterocycles. The molecule has 0 saturated carbocycles.